The van der Waals surface area contributed by atoms with Crippen LogP contribution in [0.4, 0.5) is 0 Å². The van der Waals surface area contributed by atoms with Crippen molar-refractivity contribution in [2.24, 2.45) is 0 Å². The first kappa shape index (κ1) is 15.3. The first-order valence-corrected chi connectivity index (χ1v) is 7.87. The van der Waals surface area contributed by atoms with Gasteiger partial charge in [-0.15, -0.1) is 0 Å². The lowest BCUT2D eigenvalue weighted by Gasteiger charge is -2.26. The van der Waals surface area contributed by atoms with Gasteiger partial charge in [0.1, 0.15) is 11.6 Å². The average Bonchev–Trinajstić information content (AvgIpc) is 3.31. The van der Waals surface area contributed by atoms with E-state index in [1.807, 2.05) is 26.0 Å². The number of aryl methyl sites for hydroxylation is 1. The first-order chi connectivity index (χ1) is 11.0. The van der Waals surface area contributed by atoms with E-state index in [2.05, 4.69) is 9.88 Å². The lowest BCUT2D eigenvalue weighted by molar-refractivity contribution is -0.135. The Morgan fingerprint density at radius 3 is 2.78 bits per heavy atom. The largest absolute Gasteiger partial charge is 0.353 e. The van der Waals surface area contributed by atoms with E-state index in [1.165, 1.54) is 17.7 Å². The van der Waals surface area contributed by atoms with Gasteiger partial charge in [-0.1, -0.05) is 0 Å². The maximum atomic E-state index is 12.5. The van der Waals surface area contributed by atoms with E-state index in [4.69, 9.17) is 0 Å². The van der Waals surface area contributed by atoms with Crippen LogP contribution < -0.4 is 5.32 Å². The van der Waals surface area contributed by atoms with Gasteiger partial charge in [-0.25, -0.2) is 0 Å². The Hall–Kier alpha value is -2.55. The van der Waals surface area contributed by atoms with Crippen molar-refractivity contribution < 1.29 is 9.59 Å². The average molecular weight is 312 g/mol. The Labute approximate surface area is 135 Å². The fraction of sp³-hybridized carbons (Fsp3) is 0.471. The highest BCUT2D eigenvalue weighted by Gasteiger charge is 2.28. The molecule has 0 atom stereocenters. The summed E-state index contributed by atoms with van der Waals surface area (Å²) in [6.45, 7) is 4.94. The molecule has 6 nitrogen and oxygen atoms in total. The number of nitriles is 1. The van der Waals surface area contributed by atoms with Crippen molar-refractivity contribution in [2.75, 3.05) is 19.6 Å². The molecular weight excluding hydrogens is 292 g/mol. The van der Waals surface area contributed by atoms with E-state index >= 15 is 0 Å². The number of aromatic nitrogens is 1. The van der Waals surface area contributed by atoms with Crippen molar-refractivity contribution in [3.05, 3.63) is 28.6 Å². The van der Waals surface area contributed by atoms with Crippen LogP contribution in [-0.2, 0) is 9.59 Å². The molecule has 120 valence electrons. The molecular formula is C17H20N4O2. The molecule has 6 heteroatoms. The molecule has 0 aromatic carbocycles. The smallest absolute Gasteiger partial charge is 0.265 e. The van der Waals surface area contributed by atoms with Crippen molar-refractivity contribution in [3.8, 4) is 6.07 Å². The Kier molecular flexibility index (Phi) is 3.95. The number of amides is 2. The Balaban J connectivity index is 1.87. The van der Waals surface area contributed by atoms with Crippen LogP contribution >= 0.6 is 0 Å². The number of piperazine rings is 1. The number of rotatable bonds is 3. The molecule has 1 aliphatic heterocycles. The molecule has 0 radical (unpaired) electrons. The van der Waals surface area contributed by atoms with Gasteiger partial charge in [-0.2, -0.15) is 5.26 Å². The summed E-state index contributed by atoms with van der Waals surface area (Å²) in [5.74, 6) is -0.563. The minimum absolute atomic E-state index is 0.0128. The highest BCUT2D eigenvalue weighted by Crippen LogP contribution is 2.38. The molecule has 2 aliphatic rings. The van der Waals surface area contributed by atoms with Crippen LogP contribution in [0.25, 0.3) is 6.08 Å². The maximum absolute atomic E-state index is 12.5. The minimum atomic E-state index is -0.376. The Morgan fingerprint density at radius 1 is 1.43 bits per heavy atom. The number of nitrogens with one attached hydrogen (secondary N) is 1. The summed E-state index contributed by atoms with van der Waals surface area (Å²) in [7, 11) is 0. The fourth-order valence-corrected chi connectivity index (χ4v) is 3.12. The van der Waals surface area contributed by atoms with Crippen molar-refractivity contribution >= 4 is 17.9 Å². The standard InChI is InChI=1S/C17H20N4O2/c1-11-7-13(12(2)21(11)15-3-4-15)8-14(9-18)17(23)20-6-5-19-16(22)10-20/h7-8,15H,3-6,10H2,1-2H3,(H,19,22)/b14-8+. The molecule has 0 spiro atoms. The highest BCUT2D eigenvalue weighted by molar-refractivity contribution is 6.03. The zero-order valence-electron chi connectivity index (χ0n) is 13.4. The first-order valence-electron chi connectivity index (χ1n) is 7.87. The summed E-state index contributed by atoms with van der Waals surface area (Å²) < 4.78 is 2.28. The van der Waals surface area contributed by atoms with Gasteiger partial charge < -0.3 is 14.8 Å². The van der Waals surface area contributed by atoms with Crippen LogP contribution in [0.5, 0.6) is 0 Å². The van der Waals surface area contributed by atoms with E-state index in [9.17, 15) is 14.9 Å². The Morgan fingerprint density at radius 2 is 2.17 bits per heavy atom. The number of hydrogen-bond donors (Lipinski definition) is 1. The van der Waals surface area contributed by atoms with Crippen LogP contribution in [0.15, 0.2) is 11.6 Å². The van der Waals surface area contributed by atoms with Crippen LogP contribution in [0.2, 0.25) is 0 Å². The zero-order valence-corrected chi connectivity index (χ0v) is 13.4. The molecule has 3 rings (SSSR count). The van der Waals surface area contributed by atoms with Gasteiger partial charge in [0.2, 0.25) is 5.91 Å². The van der Waals surface area contributed by atoms with Gasteiger partial charge in [0, 0.05) is 30.5 Å². The van der Waals surface area contributed by atoms with E-state index in [0.29, 0.717) is 19.1 Å². The fourth-order valence-electron chi connectivity index (χ4n) is 3.12. The second-order valence-corrected chi connectivity index (χ2v) is 6.17. The Bertz CT molecular complexity index is 735. The summed E-state index contributed by atoms with van der Waals surface area (Å²) in [6, 6.07) is 4.57. The maximum Gasteiger partial charge on any atom is 0.265 e. The van der Waals surface area contributed by atoms with E-state index < -0.39 is 0 Å². The molecule has 1 aromatic heterocycles. The van der Waals surface area contributed by atoms with Gasteiger partial charge in [0.05, 0.1) is 6.54 Å². The molecule has 1 saturated heterocycles. The topological polar surface area (TPSA) is 78.1 Å². The minimum Gasteiger partial charge on any atom is -0.353 e. The third-order valence-corrected chi connectivity index (χ3v) is 4.41. The molecule has 2 fully saturated rings. The third kappa shape index (κ3) is 3.00. The molecule has 2 amide bonds. The molecule has 2 heterocycles. The van der Waals surface area contributed by atoms with Crippen molar-refractivity contribution in [2.45, 2.75) is 32.7 Å². The zero-order chi connectivity index (χ0) is 16.6. The second kappa shape index (κ2) is 5.92. The highest BCUT2D eigenvalue weighted by atomic mass is 16.2. The molecule has 0 bridgehead atoms. The van der Waals surface area contributed by atoms with Crippen molar-refractivity contribution in [3.63, 3.8) is 0 Å². The molecule has 1 aliphatic carbocycles. The third-order valence-electron chi connectivity index (χ3n) is 4.41. The van der Waals surface area contributed by atoms with E-state index in [0.717, 1.165) is 17.0 Å². The normalized spacial score (nSPS) is 18.6. The quantitative estimate of drug-likeness (QED) is 0.675. The van der Waals surface area contributed by atoms with Crippen LogP contribution in [0, 0.1) is 25.2 Å². The predicted octanol–water partition coefficient (Wildman–Crippen LogP) is 1.31. The predicted molar refractivity (Wildman–Crippen MR) is 85.4 cm³/mol. The van der Waals surface area contributed by atoms with Crippen molar-refractivity contribution in [1.29, 1.82) is 5.26 Å². The van der Waals surface area contributed by atoms with E-state index in [1.54, 1.807) is 6.08 Å². The second-order valence-electron chi connectivity index (χ2n) is 6.17. The summed E-state index contributed by atoms with van der Waals surface area (Å²) in [4.78, 5) is 25.3. The monoisotopic (exact) mass is 312 g/mol. The van der Waals surface area contributed by atoms with Gasteiger partial charge in [0.15, 0.2) is 0 Å². The molecule has 0 unspecified atom stereocenters. The lowest BCUT2D eigenvalue weighted by atomic mass is 10.1. The van der Waals surface area contributed by atoms with Crippen LogP contribution in [0.3, 0.4) is 0 Å². The van der Waals surface area contributed by atoms with Crippen molar-refractivity contribution in [1.82, 2.24) is 14.8 Å². The van der Waals surface area contributed by atoms with Crippen LogP contribution in [0.1, 0.15) is 35.8 Å². The lowest BCUT2D eigenvalue weighted by Crippen LogP contribution is -2.50. The SMILES string of the molecule is Cc1cc(/C=C(\C#N)C(=O)N2CCNC(=O)C2)c(C)n1C1CC1. The summed E-state index contributed by atoms with van der Waals surface area (Å²) >= 11 is 0. The molecule has 1 saturated carbocycles. The number of carbonyl (C=O) groups excluding carboxylic acids is 2. The summed E-state index contributed by atoms with van der Waals surface area (Å²) in [6.07, 6.45) is 4.02. The van der Waals surface area contributed by atoms with Crippen LogP contribution in [-0.4, -0.2) is 40.9 Å². The number of carbonyl (C=O) groups is 2. The van der Waals surface area contributed by atoms with Gasteiger partial charge in [-0.3, -0.25) is 9.59 Å². The molecule has 1 aromatic rings. The van der Waals surface area contributed by atoms with E-state index in [-0.39, 0.29) is 23.9 Å². The number of nitrogens with zero attached hydrogens (tertiary/aromatic N) is 3. The number of hydrogen-bond acceptors (Lipinski definition) is 3. The molecule has 1 N–H and O–H groups in total. The molecule has 23 heavy (non-hydrogen) atoms. The van der Waals surface area contributed by atoms with Gasteiger partial charge in [0.25, 0.3) is 5.91 Å². The van der Waals surface area contributed by atoms with Gasteiger partial charge in [-0.05, 0) is 44.4 Å². The summed E-state index contributed by atoms with van der Waals surface area (Å²) in [5, 5.41) is 12.0. The van der Waals surface area contributed by atoms with Gasteiger partial charge >= 0.3 is 0 Å². The summed E-state index contributed by atoms with van der Waals surface area (Å²) in [5.41, 5.74) is 3.22.